The molecule has 0 unspecified atom stereocenters. The molecule has 4 aromatic rings. The van der Waals surface area contributed by atoms with E-state index in [1.54, 1.807) is 12.4 Å². The normalized spacial score (nSPS) is 11.5. The zero-order chi connectivity index (χ0) is 23.0. The summed E-state index contributed by atoms with van der Waals surface area (Å²) in [5, 5.41) is 9.67. The monoisotopic (exact) mass is 437 g/mol. The van der Waals surface area contributed by atoms with Crippen LogP contribution in [0.2, 0.25) is 0 Å². The van der Waals surface area contributed by atoms with Gasteiger partial charge >= 0.3 is 0 Å². The highest BCUT2D eigenvalue weighted by Crippen LogP contribution is 2.22. The lowest BCUT2D eigenvalue weighted by Crippen LogP contribution is -2.13. The molecule has 6 nitrogen and oxygen atoms in total. The van der Waals surface area contributed by atoms with E-state index in [0.717, 1.165) is 16.8 Å². The molecule has 3 N–H and O–H groups in total. The van der Waals surface area contributed by atoms with Crippen molar-refractivity contribution in [3.8, 4) is 0 Å². The molecule has 1 amide bonds. The van der Waals surface area contributed by atoms with Crippen molar-refractivity contribution in [3.63, 3.8) is 0 Å². The van der Waals surface area contributed by atoms with Crippen molar-refractivity contribution in [2.45, 2.75) is 26.4 Å². The van der Waals surface area contributed by atoms with E-state index in [1.165, 1.54) is 5.56 Å². The Bertz CT molecular complexity index is 1230. The van der Waals surface area contributed by atoms with E-state index in [4.69, 9.17) is 0 Å². The Balaban J connectivity index is 1.39. The Kier molecular flexibility index (Phi) is 6.95. The van der Waals surface area contributed by atoms with Gasteiger partial charge in [0.15, 0.2) is 0 Å². The summed E-state index contributed by atoms with van der Waals surface area (Å²) in [5.41, 5.74) is 4.64. The van der Waals surface area contributed by atoms with Gasteiger partial charge in [0, 0.05) is 17.8 Å². The summed E-state index contributed by atoms with van der Waals surface area (Å²) in [6, 6.07) is 25.5. The Morgan fingerprint density at radius 2 is 1.70 bits per heavy atom. The number of amides is 1. The van der Waals surface area contributed by atoms with Crippen molar-refractivity contribution >= 4 is 23.2 Å². The SMILES string of the molecule is Cc1cccc(C(=O)Nc2cccc([C@H](C)Nc3cncc(NCc4ccccc4)n3)c2)c1. The van der Waals surface area contributed by atoms with Crippen molar-refractivity contribution < 1.29 is 4.79 Å². The number of rotatable bonds is 8. The van der Waals surface area contributed by atoms with E-state index in [-0.39, 0.29) is 11.9 Å². The summed E-state index contributed by atoms with van der Waals surface area (Å²) in [6.07, 6.45) is 3.41. The van der Waals surface area contributed by atoms with Crippen LogP contribution in [0, 0.1) is 6.92 Å². The average Bonchev–Trinajstić information content (AvgIpc) is 2.84. The molecule has 1 atom stereocenters. The van der Waals surface area contributed by atoms with Gasteiger partial charge in [0.2, 0.25) is 0 Å². The zero-order valence-electron chi connectivity index (χ0n) is 18.7. The number of carbonyl (C=O) groups excluding carboxylic acids is 1. The molecule has 0 radical (unpaired) electrons. The highest BCUT2D eigenvalue weighted by atomic mass is 16.1. The fourth-order valence-electron chi connectivity index (χ4n) is 3.49. The van der Waals surface area contributed by atoms with Gasteiger partial charge in [0.05, 0.1) is 18.4 Å². The van der Waals surface area contributed by atoms with E-state index in [0.29, 0.717) is 23.7 Å². The maximum atomic E-state index is 12.6. The average molecular weight is 438 g/mol. The lowest BCUT2D eigenvalue weighted by Gasteiger charge is -2.17. The van der Waals surface area contributed by atoms with Gasteiger partial charge in [0.1, 0.15) is 11.6 Å². The molecular weight excluding hydrogens is 410 g/mol. The molecule has 1 heterocycles. The number of anilines is 3. The number of nitrogens with zero attached hydrogens (tertiary/aromatic N) is 2. The largest absolute Gasteiger partial charge is 0.365 e. The predicted molar refractivity (Wildman–Crippen MR) is 133 cm³/mol. The predicted octanol–water partition coefficient (Wildman–Crippen LogP) is 5.82. The zero-order valence-corrected chi connectivity index (χ0v) is 18.7. The van der Waals surface area contributed by atoms with Gasteiger partial charge in [-0.05, 0) is 49.2 Å². The first-order chi connectivity index (χ1) is 16.1. The number of hydrogen-bond donors (Lipinski definition) is 3. The van der Waals surface area contributed by atoms with Crippen molar-refractivity contribution in [2.75, 3.05) is 16.0 Å². The first-order valence-electron chi connectivity index (χ1n) is 10.9. The highest BCUT2D eigenvalue weighted by molar-refractivity contribution is 6.04. The second kappa shape index (κ2) is 10.4. The lowest BCUT2D eigenvalue weighted by atomic mass is 10.1. The minimum atomic E-state index is -0.125. The van der Waals surface area contributed by atoms with Gasteiger partial charge in [-0.2, -0.15) is 0 Å². The molecule has 6 heteroatoms. The number of hydrogen-bond acceptors (Lipinski definition) is 5. The third-order valence-electron chi connectivity index (χ3n) is 5.24. The van der Waals surface area contributed by atoms with Crippen LogP contribution < -0.4 is 16.0 Å². The molecule has 0 bridgehead atoms. The summed E-state index contributed by atoms with van der Waals surface area (Å²) >= 11 is 0. The van der Waals surface area contributed by atoms with Crippen molar-refractivity contribution in [1.29, 1.82) is 0 Å². The summed E-state index contributed by atoms with van der Waals surface area (Å²) in [4.78, 5) is 21.5. The molecule has 1 aromatic heterocycles. The van der Waals surface area contributed by atoms with Crippen LogP contribution in [0.15, 0.2) is 91.3 Å². The Labute approximate surface area is 194 Å². The van der Waals surface area contributed by atoms with E-state index >= 15 is 0 Å². The van der Waals surface area contributed by atoms with Crippen LogP contribution in [0.25, 0.3) is 0 Å². The van der Waals surface area contributed by atoms with Crippen molar-refractivity contribution in [1.82, 2.24) is 9.97 Å². The standard InChI is InChI=1S/C27H27N5O/c1-19-8-6-12-23(14-19)27(33)31-24-13-7-11-22(15-24)20(2)30-26-18-28-17-25(32-26)29-16-21-9-4-3-5-10-21/h3-15,17-18,20H,16H2,1-2H3,(H,31,33)(H2,29,30,32)/t20-/m0/s1. The fourth-order valence-corrected chi connectivity index (χ4v) is 3.49. The molecule has 166 valence electrons. The number of nitrogens with one attached hydrogen (secondary N) is 3. The van der Waals surface area contributed by atoms with Crippen LogP contribution in [-0.4, -0.2) is 15.9 Å². The summed E-state index contributed by atoms with van der Waals surface area (Å²) in [7, 11) is 0. The Morgan fingerprint density at radius 1 is 0.909 bits per heavy atom. The molecule has 0 aliphatic rings. The van der Waals surface area contributed by atoms with Crippen molar-refractivity contribution in [2.24, 2.45) is 0 Å². The number of aryl methyl sites for hydroxylation is 1. The van der Waals surface area contributed by atoms with Gasteiger partial charge in [-0.15, -0.1) is 0 Å². The van der Waals surface area contributed by atoms with E-state index in [2.05, 4.69) is 38.1 Å². The first kappa shape index (κ1) is 22.0. The van der Waals surface area contributed by atoms with Crippen LogP contribution in [0.5, 0.6) is 0 Å². The van der Waals surface area contributed by atoms with Gasteiger partial charge in [-0.25, -0.2) is 4.98 Å². The van der Waals surface area contributed by atoms with E-state index in [9.17, 15) is 4.79 Å². The summed E-state index contributed by atoms with van der Waals surface area (Å²) in [6.45, 7) is 4.70. The third-order valence-corrected chi connectivity index (χ3v) is 5.24. The van der Waals surface area contributed by atoms with Gasteiger partial charge < -0.3 is 16.0 Å². The third kappa shape index (κ3) is 6.17. The minimum absolute atomic E-state index is 0.0282. The lowest BCUT2D eigenvalue weighted by molar-refractivity contribution is 0.102. The maximum Gasteiger partial charge on any atom is 0.255 e. The van der Waals surface area contributed by atoms with Gasteiger partial charge in [0.25, 0.3) is 5.91 Å². The highest BCUT2D eigenvalue weighted by Gasteiger charge is 2.10. The van der Waals surface area contributed by atoms with Crippen LogP contribution in [-0.2, 0) is 6.54 Å². The number of carbonyl (C=O) groups is 1. The van der Waals surface area contributed by atoms with Crippen LogP contribution in [0.3, 0.4) is 0 Å². The first-order valence-corrected chi connectivity index (χ1v) is 10.9. The van der Waals surface area contributed by atoms with Crippen LogP contribution in [0.1, 0.15) is 40.0 Å². The molecule has 0 fully saturated rings. The molecule has 0 spiro atoms. The molecule has 0 aliphatic carbocycles. The molecule has 0 saturated carbocycles. The molecule has 0 saturated heterocycles. The number of aromatic nitrogens is 2. The molecular formula is C27H27N5O. The molecule has 33 heavy (non-hydrogen) atoms. The Hall–Kier alpha value is -4.19. The smallest absolute Gasteiger partial charge is 0.255 e. The minimum Gasteiger partial charge on any atom is -0.365 e. The molecule has 0 aliphatic heterocycles. The topological polar surface area (TPSA) is 78.9 Å². The quantitative estimate of drug-likeness (QED) is 0.324. The van der Waals surface area contributed by atoms with E-state index in [1.807, 2.05) is 80.6 Å². The van der Waals surface area contributed by atoms with Gasteiger partial charge in [-0.1, -0.05) is 60.2 Å². The second-order valence-corrected chi connectivity index (χ2v) is 7.94. The van der Waals surface area contributed by atoms with Gasteiger partial charge in [-0.3, -0.25) is 9.78 Å². The summed E-state index contributed by atoms with van der Waals surface area (Å²) in [5.74, 6) is 1.25. The molecule has 4 rings (SSSR count). The van der Waals surface area contributed by atoms with Crippen molar-refractivity contribution in [3.05, 3.63) is 114 Å². The maximum absolute atomic E-state index is 12.6. The Morgan fingerprint density at radius 3 is 2.52 bits per heavy atom. The number of benzene rings is 3. The van der Waals surface area contributed by atoms with E-state index < -0.39 is 0 Å². The fraction of sp³-hybridized carbons (Fsp3) is 0.148. The summed E-state index contributed by atoms with van der Waals surface area (Å²) < 4.78 is 0. The molecule has 3 aromatic carbocycles. The second-order valence-electron chi connectivity index (χ2n) is 7.94. The van der Waals surface area contributed by atoms with Crippen LogP contribution in [0.4, 0.5) is 17.3 Å². The van der Waals surface area contributed by atoms with Crippen LogP contribution >= 0.6 is 0 Å².